The fraction of sp³-hybridized carbons (Fsp3) is 0.214. The highest BCUT2D eigenvalue weighted by Crippen LogP contribution is 2.31. The second-order valence-electron chi connectivity index (χ2n) is 4.71. The van der Waals surface area contributed by atoms with Crippen LogP contribution in [-0.2, 0) is 0 Å². The molecule has 4 N–H and O–H groups in total. The SMILES string of the molecule is CC(C)c1c(NN)ncnc1Nc1ccc(Br)cc1C#N. The van der Waals surface area contributed by atoms with Crippen LogP contribution in [0.2, 0.25) is 0 Å². The molecule has 0 atom stereocenters. The first-order valence-corrected chi connectivity index (χ1v) is 7.14. The minimum absolute atomic E-state index is 0.167. The van der Waals surface area contributed by atoms with Crippen LogP contribution in [0.1, 0.15) is 30.9 Å². The molecule has 0 bridgehead atoms. The van der Waals surface area contributed by atoms with Gasteiger partial charge in [0, 0.05) is 10.0 Å². The minimum atomic E-state index is 0.167. The van der Waals surface area contributed by atoms with E-state index in [-0.39, 0.29) is 5.92 Å². The number of hydrazine groups is 1. The zero-order valence-corrected chi connectivity index (χ0v) is 13.3. The van der Waals surface area contributed by atoms with Gasteiger partial charge in [0.1, 0.15) is 24.0 Å². The molecule has 1 heterocycles. The molecule has 6 nitrogen and oxygen atoms in total. The third-order valence-electron chi connectivity index (χ3n) is 2.95. The molecule has 0 saturated heterocycles. The number of halogens is 1. The van der Waals surface area contributed by atoms with Crippen LogP contribution in [0.15, 0.2) is 29.0 Å². The molecule has 0 amide bonds. The fourth-order valence-corrected chi connectivity index (χ4v) is 2.36. The standard InChI is InChI=1S/C14H15BrN6/c1-8(2)12-13(18-7-19-14(12)21-17)20-11-4-3-10(15)5-9(11)6-16/h3-5,7-8H,17H2,1-2H3,(H2,18,19,20,21). The quantitative estimate of drug-likeness (QED) is 0.580. The van der Waals surface area contributed by atoms with Gasteiger partial charge in [-0.3, -0.25) is 0 Å². The third-order valence-corrected chi connectivity index (χ3v) is 3.45. The molecule has 1 aromatic heterocycles. The molecule has 0 unspecified atom stereocenters. The number of nitrogens with two attached hydrogens (primary N) is 1. The summed E-state index contributed by atoms with van der Waals surface area (Å²) in [5.41, 5.74) is 4.66. The zero-order chi connectivity index (χ0) is 15.4. The van der Waals surface area contributed by atoms with Gasteiger partial charge in [-0.15, -0.1) is 0 Å². The average molecular weight is 347 g/mol. The van der Waals surface area contributed by atoms with E-state index in [1.54, 1.807) is 6.07 Å². The van der Waals surface area contributed by atoms with E-state index in [0.29, 0.717) is 22.9 Å². The summed E-state index contributed by atoms with van der Waals surface area (Å²) in [7, 11) is 0. The Kier molecular flexibility index (Phi) is 4.73. The Morgan fingerprint density at radius 1 is 1.29 bits per heavy atom. The first-order chi connectivity index (χ1) is 10.1. The average Bonchev–Trinajstić information content (AvgIpc) is 2.48. The molecule has 0 aliphatic rings. The lowest BCUT2D eigenvalue weighted by Gasteiger charge is -2.17. The van der Waals surface area contributed by atoms with E-state index in [2.05, 4.69) is 42.7 Å². The Hall–Kier alpha value is -2.17. The van der Waals surface area contributed by atoms with Crippen LogP contribution in [0, 0.1) is 11.3 Å². The van der Waals surface area contributed by atoms with Crippen molar-refractivity contribution < 1.29 is 0 Å². The van der Waals surface area contributed by atoms with Gasteiger partial charge in [-0.2, -0.15) is 5.26 Å². The molecule has 0 radical (unpaired) electrons. The van der Waals surface area contributed by atoms with Crippen LogP contribution in [-0.4, -0.2) is 9.97 Å². The van der Waals surface area contributed by atoms with Crippen molar-refractivity contribution in [3.05, 3.63) is 40.1 Å². The summed E-state index contributed by atoms with van der Waals surface area (Å²) in [6.07, 6.45) is 1.42. The second kappa shape index (κ2) is 6.52. The van der Waals surface area contributed by atoms with E-state index >= 15 is 0 Å². The molecule has 0 aliphatic heterocycles. The first-order valence-electron chi connectivity index (χ1n) is 6.35. The van der Waals surface area contributed by atoms with E-state index in [1.165, 1.54) is 6.33 Å². The molecule has 0 spiro atoms. The van der Waals surface area contributed by atoms with Gasteiger partial charge in [0.2, 0.25) is 0 Å². The number of anilines is 3. The van der Waals surface area contributed by atoms with Crippen molar-refractivity contribution in [2.45, 2.75) is 19.8 Å². The number of benzene rings is 1. The van der Waals surface area contributed by atoms with Crippen molar-refractivity contribution in [1.82, 2.24) is 9.97 Å². The van der Waals surface area contributed by atoms with Crippen molar-refractivity contribution in [1.29, 1.82) is 5.26 Å². The number of rotatable bonds is 4. The molecule has 1 aromatic carbocycles. The highest BCUT2D eigenvalue weighted by molar-refractivity contribution is 9.10. The smallest absolute Gasteiger partial charge is 0.148 e. The van der Waals surface area contributed by atoms with Crippen LogP contribution in [0.25, 0.3) is 0 Å². The summed E-state index contributed by atoms with van der Waals surface area (Å²) in [6, 6.07) is 7.59. The van der Waals surface area contributed by atoms with Crippen LogP contribution in [0.5, 0.6) is 0 Å². The number of nitrogen functional groups attached to an aromatic ring is 1. The van der Waals surface area contributed by atoms with Crippen LogP contribution in [0.3, 0.4) is 0 Å². The summed E-state index contributed by atoms with van der Waals surface area (Å²) in [5, 5.41) is 12.4. The summed E-state index contributed by atoms with van der Waals surface area (Å²) < 4.78 is 0.848. The molecule has 2 rings (SSSR count). The van der Waals surface area contributed by atoms with Gasteiger partial charge in [0.15, 0.2) is 0 Å². The number of nitriles is 1. The molecule has 108 valence electrons. The maximum absolute atomic E-state index is 9.22. The number of nitrogens with zero attached hydrogens (tertiary/aromatic N) is 3. The molecule has 7 heteroatoms. The van der Waals surface area contributed by atoms with E-state index in [4.69, 9.17) is 5.84 Å². The normalized spacial score (nSPS) is 10.3. The summed E-state index contributed by atoms with van der Waals surface area (Å²) in [6.45, 7) is 4.05. The highest BCUT2D eigenvalue weighted by atomic mass is 79.9. The van der Waals surface area contributed by atoms with Crippen molar-refractivity contribution >= 4 is 33.3 Å². The molecule has 0 aliphatic carbocycles. The first kappa shape index (κ1) is 15.2. The monoisotopic (exact) mass is 346 g/mol. The summed E-state index contributed by atoms with van der Waals surface area (Å²) in [5.74, 6) is 6.87. The minimum Gasteiger partial charge on any atom is -0.339 e. The van der Waals surface area contributed by atoms with Crippen LogP contribution in [0.4, 0.5) is 17.3 Å². The van der Waals surface area contributed by atoms with E-state index in [9.17, 15) is 5.26 Å². The predicted molar refractivity (Wildman–Crippen MR) is 86.1 cm³/mol. The van der Waals surface area contributed by atoms with Gasteiger partial charge in [-0.1, -0.05) is 29.8 Å². The number of hydrogen-bond acceptors (Lipinski definition) is 6. The molecule has 0 saturated carbocycles. The molecule has 21 heavy (non-hydrogen) atoms. The van der Waals surface area contributed by atoms with Gasteiger partial charge in [0.25, 0.3) is 0 Å². The zero-order valence-electron chi connectivity index (χ0n) is 11.7. The maximum Gasteiger partial charge on any atom is 0.148 e. The largest absolute Gasteiger partial charge is 0.339 e. The molecule has 2 aromatic rings. The number of hydrogen-bond donors (Lipinski definition) is 3. The van der Waals surface area contributed by atoms with Gasteiger partial charge < -0.3 is 10.7 Å². The lowest BCUT2D eigenvalue weighted by atomic mass is 10.0. The Labute approximate surface area is 131 Å². The topological polar surface area (TPSA) is 99.7 Å². The van der Waals surface area contributed by atoms with E-state index in [1.807, 2.05) is 26.0 Å². The summed E-state index contributed by atoms with van der Waals surface area (Å²) in [4.78, 5) is 8.38. The maximum atomic E-state index is 9.22. The highest BCUT2D eigenvalue weighted by Gasteiger charge is 2.15. The lowest BCUT2D eigenvalue weighted by Crippen LogP contribution is -2.14. The Morgan fingerprint density at radius 3 is 2.62 bits per heavy atom. The Morgan fingerprint density at radius 2 is 2.00 bits per heavy atom. The van der Waals surface area contributed by atoms with Gasteiger partial charge in [-0.25, -0.2) is 15.8 Å². The van der Waals surface area contributed by atoms with Gasteiger partial charge >= 0.3 is 0 Å². The third kappa shape index (κ3) is 3.29. The van der Waals surface area contributed by atoms with E-state index in [0.717, 1.165) is 10.0 Å². The number of nitrogens with one attached hydrogen (secondary N) is 2. The van der Waals surface area contributed by atoms with Gasteiger partial charge in [0.05, 0.1) is 11.3 Å². The molecular formula is C14H15BrN6. The fourth-order valence-electron chi connectivity index (χ4n) is 2.00. The second-order valence-corrected chi connectivity index (χ2v) is 5.63. The lowest BCUT2D eigenvalue weighted by molar-refractivity contribution is 0.850. The van der Waals surface area contributed by atoms with Crippen molar-refractivity contribution in [2.75, 3.05) is 10.7 Å². The van der Waals surface area contributed by atoms with Crippen molar-refractivity contribution in [2.24, 2.45) is 5.84 Å². The molecule has 0 fully saturated rings. The van der Waals surface area contributed by atoms with Crippen LogP contribution < -0.4 is 16.6 Å². The van der Waals surface area contributed by atoms with Crippen LogP contribution >= 0.6 is 15.9 Å². The predicted octanol–water partition coefficient (Wildman–Crippen LogP) is 3.26. The Bertz CT molecular complexity index is 692. The van der Waals surface area contributed by atoms with E-state index < -0.39 is 0 Å². The van der Waals surface area contributed by atoms with Crippen molar-refractivity contribution in [3.8, 4) is 6.07 Å². The summed E-state index contributed by atoms with van der Waals surface area (Å²) >= 11 is 3.35. The molecular weight excluding hydrogens is 332 g/mol. The number of aromatic nitrogens is 2. The Balaban J connectivity index is 2.48. The van der Waals surface area contributed by atoms with Crippen molar-refractivity contribution in [3.63, 3.8) is 0 Å². The van der Waals surface area contributed by atoms with Gasteiger partial charge in [-0.05, 0) is 24.1 Å².